The van der Waals surface area contributed by atoms with Crippen LogP contribution in [0.4, 0.5) is 0 Å². The topological polar surface area (TPSA) is 77.2 Å². The smallest absolute Gasteiger partial charge is 0.335 e. The number of thioether (sulfide) groups is 1. The molecule has 1 aromatic heterocycles. The number of aromatic carboxylic acids is 1. The molecular formula is C19H19N3O3S. The minimum Gasteiger partial charge on any atom is -0.493 e. The Morgan fingerprint density at radius 3 is 2.73 bits per heavy atom. The summed E-state index contributed by atoms with van der Waals surface area (Å²) < 4.78 is 7.61. The average molecular weight is 369 g/mol. The molecule has 3 rings (SSSR count). The first-order valence-corrected chi connectivity index (χ1v) is 9.13. The molecule has 1 heterocycles. The van der Waals surface area contributed by atoms with Crippen molar-refractivity contribution in [1.82, 2.24) is 14.8 Å². The Balaban J connectivity index is 1.51. The first-order chi connectivity index (χ1) is 12.6. The molecule has 0 aliphatic heterocycles. The van der Waals surface area contributed by atoms with Crippen LogP contribution in [0.2, 0.25) is 0 Å². The summed E-state index contributed by atoms with van der Waals surface area (Å²) in [5, 5.41) is 18.3. The van der Waals surface area contributed by atoms with Crippen molar-refractivity contribution in [3.8, 4) is 5.75 Å². The van der Waals surface area contributed by atoms with Crippen molar-refractivity contribution in [1.29, 1.82) is 0 Å². The zero-order valence-corrected chi connectivity index (χ0v) is 15.1. The second kappa shape index (κ2) is 8.53. The van der Waals surface area contributed by atoms with Crippen LogP contribution in [0, 0.1) is 0 Å². The van der Waals surface area contributed by atoms with Gasteiger partial charge in [0.05, 0.1) is 12.2 Å². The third kappa shape index (κ3) is 4.64. The van der Waals surface area contributed by atoms with Crippen LogP contribution in [0.1, 0.15) is 21.7 Å². The number of benzene rings is 2. The second-order valence-electron chi connectivity index (χ2n) is 5.65. The predicted molar refractivity (Wildman–Crippen MR) is 99.9 cm³/mol. The molecule has 0 radical (unpaired) electrons. The molecule has 0 atom stereocenters. The van der Waals surface area contributed by atoms with E-state index < -0.39 is 5.97 Å². The van der Waals surface area contributed by atoms with Gasteiger partial charge < -0.3 is 14.4 Å². The molecule has 0 fully saturated rings. The number of ether oxygens (including phenoxy) is 1. The van der Waals surface area contributed by atoms with Gasteiger partial charge in [0, 0.05) is 19.2 Å². The molecule has 0 unspecified atom stereocenters. The molecule has 134 valence electrons. The van der Waals surface area contributed by atoms with Gasteiger partial charge in [-0.3, -0.25) is 0 Å². The van der Waals surface area contributed by atoms with Crippen molar-refractivity contribution in [3.05, 3.63) is 71.5 Å². The number of rotatable bonds is 8. The van der Waals surface area contributed by atoms with E-state index in [0.29, 0.717) is 18.1 Å². The minimum absolute atomic E-state index is 0.217. The Hall–Kier alpha value is -2.80. The molecule has 0 amide bonds. The molecule has 7 heteroatoms. The summed E-state index contributed by atoms with van der Waals surface area (Å²) in [6.07, 6.45) is 0.739. The van der Waals surface area contributed by atoms with Gasteiger partial charge in [-0.15, -0.1) is 10.2 Å². The predicted octanol–water partition coefficient (Wildman–Crippen LogP) is 3.28. The highest BCUT2D eigenvalue weighted by Gasteiger charge is 2.10. The van der Waals surface area contributed by atoms with Gasteiger partial charge >= 0.3 is 5.97 Å². The largest absolute Gasteiger partial charge is 0.493 e. The number of nitrogens with zero attached hydrogens (tertiary/aromatic N) is 3. The van der Waals surface area contributed by atoms with Crippen molar-refractivity contribution < 1.29 is 14.6 Å². The van der Waals surface area contributed by atoms with E-state index in [0.717, 1.165) is 17.4 Å². The fourth-order valence-electron chi connectivity index (χ4n) is 2.41. The first-order valence-electron chi connectivity index (χ1n) is 8.14. The summed E-state index contributed by atoms with van der Waals surface area (Å²) in [5.41, 5.74) is 1.41. The zero-order chi connectivity index (χ0) is 18.4. The van der Waals surface area contributed by atoms with Gasteiger partial charge in [0.25, 0.3) is 0 Å². The lowest BCUT2D eigenvalue weighted by Gasteiger charge is -2.07. The van der Waals surface area contributed by atoms with Gasteiger partial charge in [-0.05, 0) is 23.8 Å². The molecule has 1 N–H and O–H groups in total. The van der Waals surface area contributed by atoms with E-state index in [4.69, 9.17) is 9.84 Å². The molecule has 0 spiro atoms. The molecule has 3 aromatic rings. The van der Waals surface area contributed by atoms with Crippen LogP contribution < -0.4 is 4.74 Å². The van der Waals surface area contributed by atoms with Crippen LogP contribution in [-0.4, -0.2) is 38.2 Å². The van der Waals surface area contributed by atoms with Gasteiger partial charge in [0.1, 0.15) is 11.6 Å². The summed E-state index contributed by atoms with van der Waals surface area (Å²) in [5.74, 6) is 1.19. The number of hydrogen-bond donors (Lipinski definition) is 1. The van der Waals surface area contributed by atoms with Crippen LogP contribution in [-0.2, 0) is 13.5 Å². The van der Waals surface area contributed by atoms with E-state index >= 15 is 0 Å². The summed E-state index contributed by atoms with van der Waals surface area (Å²) in [4.78, 5) is 11.0. The maximum atomic E-state index is 11.0. The van der Waals surface area contributed by atoms with Crippen LogP contribution in [0.3, 0.4) is 0 Å². The number of carboxylic acid groups (broad SMARTS) is 1. The van der Waals surface area contributed by atoms with Crippen LogP contribution in [0.15, 0.2) is 59.8 Å². The van der Waals surface area contributed by atoms with Crippen molar-refractivity contribution in [2.75, 3.05) is 12.4 Å². The van der Waals surface area contributed by atoms with Crippen LogP contribution in [0.25, 0.3) is 0 Å². The maximum Gasteiger partial charge on any atom is 0.335 e. The van der Waals surface area contributed by atoms with Crippen LogP contribution in [0.5, 0.6) is 5.75 Å². The van der Waals surface area contributed by atoms with Crippen LogP contribution >= 0.6 is 11.8 Å². The Kier molecular flexibility index (Phi) is 5.91. The van der Waals surface area contributed by atoms with E-state index in [2.05, 4.69) is 22.3 Å². The molecule has 0 aliphatic carbocycles. The fraction of sp³-hybridized carbons (Fsp3) is 0.211. The Morgan fingerprint density at radius 2 is 1.96 bits per heavy atom. The molecule has 0 saturated heterocycles. The third-order valence-electron chi connectivity index (χ3n) is 3.79. The van der Waals surface area contributed by atoms with Gasteiger partial charge in [0.15, 0.2) is 5.16 Å². The summed E-state index contributed by atoms with van der Waals surface area (Å²) >= 11 is 1.56. The normalized spacial score (nSPS) is 10.7. The Morgan fingerprint density at radius 1 is 1.15 bits per heavy atom. The summed E-state index contributed by atoms with van der Waals surface area (Å²) in [7, 11) is 1.96. The highest BCUT2D eigenvalue weighted by atomic mass is 32.2. The van der Waals surface area contributed by atoms with Crippen molar-refractivity contribution in [2.24, 2.45) is 7.05 Å². The summed E-state index contributed by atoms with van der Waals surface area (Å²) in [6, 6.07) is 16.6. The highest BCUT2D eigenvalue weighted by molar-refractivity contribution is 7.99. The Bertz CT molecular complexity index is 881. The zero-order valence-electron chi connectivity index (χ0n) is 14.3. The lowest BCUT2D eigenvalue weighted by molar-refractivity contribution is 0.0696. The molecule has 2 aromatic carbocycles. The van der Waals surface area contributed by atoms with E-state index in [1.54, 1.807) is 23.9 Å². The number of aromatic nitrogens is 3. The molecule has 0 saturated carbocycles. The lowest BCUT2D eigenvalue weighted by atomic mass is 10.1. The molecular weight excluding hydrogens is 350 g/mol. The summed E-state index contributed by atoms with van der Waals surface area (Å²) in [6.45, 7) is 0.453. The van der Waals surface area contributed by atoms with E-state index in [1.807, 2.05) is 29.8 Å². The SMILES string of the molecule is Cn1c(Cc2ccccc2)nnc1SCCOc1cccc(C(=O)O)c1. The quantitative estimate of drug-likeness (QED) is 0.485. The van der Waals surface area contributed by atoms with Crippen molar-refractivity contribution in [2.45, 2.75) is 11.6 Å². The number of carboxylic acids is 1. The number of carbonyl (C=O) groups is 1. The first kappa shape index (κ1) is 18.0. The van der Waals surface area contributed by atoms with Gasteiger partial charge in [-0.25, -0.2) is 4.79 Å². The molecule has 0 aliphatic rings. The Labute approximate surface area is 155 Å². The van der Waals surface area contributed by atoms with E-state index in [-0.39, 0.29) is 5.56 Å². The van der Waals surface area contributed by atoms with Gasteiger partial charge in [-0.1, -0.05) is 48.2 Å². The third-order valence-corrected chi connectivity index (χ3v) is 4.78. The standard InChI is InChI=1S/C19H19N3O3S/c1-22-17(12-14-6-3-2-4-7-14)20-21-19(22)26-11-10-25-16-9-5-8-15(13-16)18(23)24/h2-9,13H,10-12H2,1H3,(H,23,24). The highest BCUT2D eigenvalue weighted by Crippen LogP contribution is 2.18. The average Bonchev–Trinajstić information content (AvgIpc) is 3.00. The minimum atomic E-state index is -0.963. The van der Waals surface area contributed by atoms with Gasteiger partial charge in [0.2, 0.25) is 0 Å². The fourth-order valence-corrected chi connectivity index (χ4v) is 3.16. The van der Waals surface area contributed by atoms with Crippen molar-refractivity contribution in [3.63, 3.8) is 0 Å². The lowest BCUT2D eigenvalue weighted by Crippen LogP contribution is -2.04. The number of hydrogen-bond acceptors (Lipinski definition) is 5. The molecule has 26 heavy (non-hydrogen) atoms. The molecule has 6 nitrogen and oxygen atoms in total. The maximum absolute atomic E-state index is 11.0. The monoisotopic (exact) mass is 369 g/mol. The van der Waals surface area contributed by atoms with E-state index in [1.165, 1.54) is 17.7 Å². The second-order valence-corrected chi connectivity index (χ2v) is 6.71. The van der Waals surface area contributed by atoms with Gasteiger partial charge in [-0.2, -0.15) is 0 Å². The van der Waals surface area contributed by atoms with Crippen molar-refractivity contribution >= 4 is 17.7 Å². The van der Waals surface area contributed by atoms with E-state index in [9.17, 15) is 4.79 Å². The molecule has 0 bridgehead atoms.